The zero-order chi connectivity index (χ0) is 12.1. The predicted molar refractivity (Wildman–Crippen MR) is 69.0 cm³/mol. The molecule has 1 saturated carbocycles. The summed E-state index contributed by atoms with van der Waals surface area (Å²) in [6, 6.07) is 2.77. The number of pyridine rings is 1. The Morgan fingerprint density at radius 3 is 3.00 bits per heavy atom. The van der Waals surface area contributed by atoms with Gasteiger partial charge in [0.2, 0.25) is 0 Å². The summed E-state index contributed by atoms with van der Waals surface area (Å²) >= 11 is 0. The Kier molecular flexibility index (Phi) is 4.37. The van der Waals surface area contributed by atoms with Gasteiger partial charge in [0.1, 0.15) is 5.75 Å². The lowest BCUT2D eigenvalue weighted by Crippen LogP contribution is -2.16. The molecule has 0 bridgehead atoms. The van der Waals surface area contributed by atoms with E-state index in [1.165, 1.54) is 18.4 Å². The predicted octanol–water partition coefficient (Wildman–Crippen LogP) is 2.76. The van der Waals surface area contributed by atoms with Gasteiger partial charge >= 0.3 is 0 Å². The first-order valence-electron chi connectivity index (χ1n) is 6.55. The summed E-state index contributed by atoms with van der Waals surface area (Å²) in [4.78, 5) is 4.13. The first-order valence-corrected chi connectivity index (χ1v) is 6.55. The highest BCUT2D eigenvalue weighted by molar-refractivity contribution is 5.29. The Bertz CT molecular complexity index is 348. The van der Waals surface area contributed by atoms with Crippen molar-refractivity contribution < 1.29 is 4.74 Å². The fraction of sp³-hybridized carbons (Fsp3) is 0.643. The van der Waals surface area contributed by atoms with Crippen LogP contribution in [0, 0.1) is 5.92 Å². The fourth-order valence-electron chi connectivity index (χ4n) is 1.63. The fourth-order valence-corrected chi connectivity index (χ4v) is 1.63. The maximum absolute atomic E-state index is 5.80. The van der Waals surface area contributed by atoms with Gasteiger partial charge in [-0.2, -0.15) is 0 Å². The number of nitrogens with zero attached hydrogens (tertiary/aromatic N) is 1. The van der Waals surface area contributed by atoms with Crippen molar-refractivity contribution >= 4 is 0 Å². The maximum Gasteiger partial charge on any atom is 0.142 e. The molecule has 1 aliphatic rings. The van der Waals surface area contributed by atoms with E-state index in [2.05, 4.69) is 24.1 Å². The molecule has 2 rings (SSSR count). The van der Waals surface area contributed by atoms with Crippen LogP contribution < -0.4 is 10.1 Å². The van der Waals surface area contributed by atoms with Crippen LogP contribution in [-0.2, 0) is 6.54 Å². The van der Waals surface area contributed by atoms with E-state index in [1.54, 1.807) is 0 Å². The molecule has 0 amide bonds. The van der Waals surface area contributed by atoms with Crippen molar-refractivity contribution in [1.82, 2.24) is 10.3 Å². The van der Waals surface area contributed by atoms with E-state index in [0.717, 1.165) is 31.4 Å². The van der Waals surface area contributed by atoms with Gasteiger partial charge in [0.15, 0.2) is 0 Å². The van der Waals surface area contributed by atoms with Crippen LogP contribution in [-0.4, -0.2) is 17.6 Å². The van der Waals surface area contributed by atoms with Gasteiger partial charge in [-0.05, 0) is 31.2 Å². The van der Waals surface area contributed by atoms with Gasteiger partial charge in [0.05, 0.1) is 12.8 Å². The van der Waals surface area contributed by atoms with Crippen LogP contribution in [0.3, 0.4) is 0 Å². The molecule has 0 saturated heterocycles. The molecule has 0 unspecified atom stereocenters. The number of rotatable bonds is 7. The van der Waals surface area contributed by atoms with Crippen molar-refractivity contribution in [1.29, 1.82) is 0 Å². The molecule has 1 fully saturated rings. The molecule has 17 heavy (non-hydrogen) atoms. The quantitative estimate of drug-likeness (QED) is 0.787. The van der Waals surface area contributed by atoms with Crippen LogP contribution in [0.1, 0.15) is 38.7 Å². The van der Waals surface area contributed by atoms with E-state index >= 15 is 0 Å². The number of hydrogen-bond acceptors (Lipinski definition) is 3. The summed E-state index contributed by atoms with van der Waals surface area (Å²) in [7, 11) is 0. The van der Waals surface area contributed by atoms with E-state index in [9.17, 15) is 0 Å². The minimum atomic E-state index is 0.680. The van der Waals surface area contributed by atoms with E-state index in [-0.39, 0.29) is 0 Å². The smallest absolute Gasteiger partial charge is 0.142 e. The van der Waals surface area contributed by atoms with Crippen molar-refractivity contribution in [2.75, 3.05) is 6.61 Å². The zero-order valence-corrected chi connectivity index (χ0v) is 10.8. The Morgan fingerprint density at radius 1 is 1.47 bits per heavy atom. The molecule has 0 radical (unpaired) electrons. The molecular formula is C14H22N2O. The maximum atomic E-state index is 5.80. The summed E-state index contributed by atoms with van der Waals surface area (Å²) in [5, 5.41) is 3.50. The van der Waals surface area contributed by atoms with Gasteiger partial charge in [0, 0.05) is 24.3 Å². The lowest BCUT2D eigenvalue weighted by molar-refractivity contribution is 0.285. The SMILES string of the molecule is CC(C)CCOc1cnccc1CNC1CC1. The Balaban J connectivity index is 1.85. The summed E-state index contributed by atoms with van der Waals surface area (Å²) in [6.45, 7) is 6.09. The molecule has 0 aliphatic heterocycles. The van der Waals surface area contributed by atoms with Crippen LogP contribution >= 0.6 is 0 Å². The van der Waals surface area contributed by atoms with E-state index in [4.69, 9.17) is 4.74 Å². The van der Waals surface area contributed by atoms with E-state index in [0.29, 0.717) is 5.92 Å². The monoisotopic (exact) mass is 234 g/mol. The second-order valence-electron chi connectivity index (χ2n) is 5.17. The Morgan fingerprint density at radius 2 is 2.29 bits per heavy atom. The second-order valence-corrected chi connectivity index (χ2v) is 5.17. The van der Waals surface area contributed by atoms with Gasteiger partial charge in [-0.3, -0.25) is 4.98 Å². The number of hydrogen-bond donors (Lipinski definition) is 1. The molecule has 3 nitrogen and oxygen atoms in total. The van der Waals surface area contributed by atoms with Crippen LogP contribution in [0.25, 0.3) is 0 Å². The van der Waals surface area contributed by atoms with E-state index in [1.807, 2.05) is 18.5 Å². The van der Waals surface area contributed by atoms with Gasteiger partial charge in [-0.1, -0.05) is 13.8 Å². The molecule has 1 aliphatic carbocycles. The van der Waals surface area contributed by atoms with Crippen molar-refractivity contribution in [2.45, 2.75) is 45.7 Å². The molecule has 1 aromatic rings. The zero-order valence-electron chi connectivity index (χ0n) is 10.8. The first kappa shape index (κ1) is 12.4. The largest absolute Gasteiger partial charge is 0.492 e. The lowest BCUT2D eigenvalue weighted by Gasteiger charge is -2.12. The van der Waals surface area contributed by atoms with Gasteiger partial charge in [0.25, 0.3) is 0 Å². The highest BCUT2D eigenvalue weighted by Gasteiger charge is 2.20. The summed E-state index contributed by atoms with van der Waals surface area (Å²) in [6.07, 6.45) is 7.37. The lowest BCUT2D eigenvalue weighted by atomic mass is 10.1. The van der Waals surface area contributed by atoms with Crippen molar-refractivity contribution in [3.8, 4) is 5.75 Å². The molecule has 0 aromatic carbocycles. The molecule has 0 atom stereocenters. The molecule has 1 N–H and O–H groups in total. The normalized spacial score (nSPS) is 15.2. The van der Waals surface area contributed by atoms with Crippen molar-refractivity contribution in [3.63, 3.8) is 0 Å². The van der Waals surface area contributed by atoms with Crippen molar-refractivity contribution in [2.24, 2.45) is 5.92 Å². The minimum Gasteiger partial charge on any atom is -0.492 e. The van der Waals surface area contributed by atoms with Gasteiger partial charge in [-0.15, -0.1) is 0 Å². The number of aromatic nitrogens is 1. The van der Waals surface area contributed by atoms with Crippen LogP contribution in [0.15, 0.2) is 18.5 Å². The summed E-state index contributed by atoms with van der Waals surface area (Å²) in [5.74, 6) is 1.61. The van der Waals surface area contributed by atoms with Crippen LogP contribution in [0.2, 0.25) is 0 Å². The topological polar surface area (TPSA) is 34.1 Å². The summed E-state index contributed by atoms with van der Waals surface area (Å²) in [5.41, 5.74) is 1.22. The average Bonchev–Trinajstić information content (AvgIpc) is 3.11. The molecular weight excluding hydrogens is 212 g/mol. The second kappa shape index (κ2) is 6.01. The highest BCUT2D eigenvalue weighted by Crippen LogP contribution is 2.22. The summed E-state index contributed by atoms with van der Waals surface area (Å²) < 4.78 is 5.80. The van der Waals surface area contributed by atoms with Crippen LogP contribution in [0.5, 0.6) is 5.75 Å². The molecule has 1 heterocycles. The van der Waals surface area contributed by atoms with E-state index < -0.39 is 0 Å². The minimum absolute atomic E-state index is 0.680. The number of nitrogens with one attached hydrogen (secondary N) is 1. The number of ether oxygens (including phenoxy) is 1. The van der Waals surface area contributed by atoms with Gasteiger partial charge in [-0.25, -0.2) is 0 Å². The third kappa shape index (κ3) is 4.35. The third-order valence-electron chi connectivity index (χ3n) is 2.98. The first-order chi connectivity index (χ1) is 8.25. The van der Waals surface area contributed by atoms with Crippen LogP contribution in [0.4, 0.5) is 0 Å². The van der Waals surface area contributed by atoms with Gasteiger partial charge < -0.3 is 10.1 Å². The third-order valence-corrected chi connectivity index (χ3v) is 2.98. The molecule has 3 heteroatoms. The molecule has 1 aromatic heterocycles. The Labute approximate surface area is 104 Å². The molecule has 94 valence electrons. The average molecular weight is 234 g/mol. The highest BCUT2D eigenvalue weighted by atomic mass is 16.5. The van der Waals surface area contributed by atoms with Crippen molar-refractivity contribution in [3.05, 3.63) is 24.0 Å². The standard InChI is InChI=1S/C14H22N2O/c1-11(2)6-8-17-14-10-15-7-5-12(14)9-16-13-3-4-13/h5,7,10-11,13,16H,3-4,6,8-9H2,1-2H3. The Hall–Kier alpha value is -1.09. The molecule has 0 spiro atoms.